The molecule has 20 heavy (non-hydrogen) atoms. The molecule has 0 saturated heterocycles. The van der Waals surface area contributed by atoms with Crippen LogP contribution in [0.25, 0.3) is 22.5 Å². The van der Waals surface area contributed by atoms with Gasteiger partial charge in [0.15, 0.2) is 0 Å². The fourth-order valence-corrected chi connectivity index (χ4v) is 2.82. The Bertz CT molecular complexity index is 716. The Labute approximate surface area is 118 Å². The second-order valence-corrected chi connectivity index (χ2v) is 4.82. The summed E-state index contributed by atoms with van der Waals surface area (Å²) in [5.41, 5.74) is 7.38. The molecule has 0 saturated carbocycles. The summed E-state index contributed by atoms with van der Waals surface area (Å²) in [6.07, 6.45) is 5.75. The van der Waals surface area contributed by atoms with E-state index in [4.69, 9.17) is 0 Å². The summed E-state index contributed by atoms with van der Waals surface area (Å²) in [5, 5.41) is 7.72. The van der Waals surface area contributed by atoms with Crippen molar-refractivity contribution in [2.24, 2.45) is 0 Å². The number of pyridine rings is 1. The second kappa shape index (κ2) is 4.93. The molecular formula is C17H17N3. The van der Waals surface area contributed by atoms with Gasteiger partial charge in [-0.15, -0.1) is 0 Å². The Balaban J connectivity index is 0.00000121. The molecule has 2 heterocycles. The van der Waals surface area contributed by atoms with Crippen molar-refractivity contribution in [2.75, 3.05) is 0 Å². The van der Waals surface area contributed by atoms with Gasteiger partial charge in [-0.2, -0.15) is 5.10 Å². The zero-order valence-corrected chi connectivity index (χ0v) is 10.4. The van der Waals surface area contributed by atoms with Crippen LogP contribution < -0.4 is 0 Å². The van der Waals surface area contributed by atoms with Crippen LogP contribution in [-0.4, -0.2) is 15.2 Å². The summed E-state index contributed by atoms with van der Waals surface area (Å²) >= 11 is 0. The first-order valence-corrected chi connectivity index (χ1v) is 6.49. The van der Waals surface area contributed by atoms with Gasteiger partial charge in [-0.3, -0.25) is 10.1 Å². The van der Waals surface area contributed by atoms with Gasteiger partial charge < -0.3 is 0 Å². The van der Waals surface area contributed by atoms with Gasteiger partial charge >= 0.3 is 0 Å². The van der Waals surface area contributed by atoms with Gasteiger partial charge in [0.2, 0.25) is 0 Å². The lowest BCUT2D eigenvalue weighted by Gasteiger charge is -2.16. The molecule has 4 rings (SSSR count). The predicted molar refractivity (Wildman–Crippen MR) is 81.4 cm³/mol. The van der Waals surface area contributed by atoms with Crippen molar-refractivity contribution in [3.63, 3.8) is 0 Å². The van der Waals surface area contributed by atoms with Gasteiger partial charge in [-0.05, 0) is 30.5 Å². The van der Waals surface area contributed by atoms with Crippen LogP contribution >= 0.6 is 0 Å². The standard InChI is InChI=1S/C16H13N3.CH4/c1-2-4-13-11(3-1)5-6-14-15(18-19-16(13)14)12-7-9-17-10-8-12;/h1-4,7-10H,5-6H2,(H,18,19);1H4. The average Bonchev–Trinajstić information content (AvgIpc) is 2.92. The average molecular weight is 263 g/mol. The van der Waals surface area contributed by atoms with E-state index < -0.39 is 0 Å². The van der Waals surface area contributed by atoms with E-state index in [-0.39, 0.29) is 7.43 Å². The fraction of sp³-hybridized carbons (Fsp3) is 0.176. The molecule has 0 atom stereocenters. The molecule has 3 aromatic rings. The second-order valence-electron chi connectivity index (χ2n) is 4.82. The third-order valence-corrected chi connectivity index (χ3v) is 3.75. The Morgan fingerprint density at radius 3 is 2.60 bits per heavy atom. The van der Waals surface area contributed by atoms with Crippen LogP contribution in [0.3, 0.4) is 0 Å². The van der Waals surface area contributed by atoms with E-state index in [1.54, 1.807) is 0 Å². The molecule has 3 heteroatoms. The van der Waals surface area contributed by atoms with Crippen LogP contribution in [0.2, 0.25) is 0 Å². The number of nitrogens with one attached hydrogen (secondary N) is 1. The number of aromatic nitrogens is 3. The van der Waals surface area contributed by atoms with Gasteiger partial charge in [0.1, 0.15) is 0 Å². The van der Waals surface area contributed by atoms with Crippen molar-refractivity contribution < 1.29 is 0 Å². The first-order chi connectivity index (χ1) is 9.43. The molecule has 0 unspecified atom stereocenters. The lowest BCUT2D eigenvalue weighted by atomic mass is 9.88. The molecule has 0 aliphatic heterocycles. The molecule has 0 spiro atoms. The van der Waals surface area contributed by atoms with E-state index in [0.717, 1.165) is 24.1 Å². The zero-order valence-electron chi connectivity index (χ0n) is 10.4. The number of hydrogen-bond donors (Lipinski definition) is 1. The number of aromatic amines is 1. The Hall–Kier alpha value is -2.42. The Kier molecular flexibility index (Phi) is 3.11. The Morgan fingerprint density at radius 1 is 0.950 bits per heavy atom. The number of benzene rings is 1. The molecule has 1 aromatic carbocycles. The number of hydrogen-bond acceptors (Lipinski definition) is 2. The highest BCUT2D eigenvalue weighted by molar-refractivity contribution is 5.77. The number of rotatable bonds is 1. The van der Waals surface area contributed by atoms with E-state index in [2.05, 4.69) is 39.4 Å². The first kappa shape index (κ1) is 12.6. The minimum Gasteiger partial charge on any atom is -0.277 e. The van der Waals surface area contributed by atoms with E-state index >= 15 is 0 Å². The first-order valence-electron chi connectivity index (χ1n) is 6.49. The third kappa shape index (κ3) is 1.83. The summed E-state index contributed by atoms with van der Waals surface area (Å²) in [5.74, 6) is 0. The molecule has 1 N–H and O–H groups in total. The minimum atomic E-state index is 0. The van der Waals surface area contributed by atoms with E-state index in [1.807, 2.05) is 24.5 Å². The van der Waals surface area contributed by atoms with Crippen LogP contribution in [0.1, 0.15) is 18.6 Å². The van der Waals surface area contributed by atoms with E-state index in [0.29, 0.717) is 0 Å². The molecule has 0 fully saturated rings. The van der Waals surface area contributed by atoms with Gasteiger partial charge in [0, 0.05) is 29.1 Å². The van der Waals surface area contributed by atoms with E-state index in [1.165, 1.54) is 22.4 Å². The molecule has 3 nitrogen and oxygen atoms in total. The number of nitrogens with zero attached hydrogens (tertiary/aromatic N) is 2. The molecule has 100 valence electrons. The smallest absolute Gasteiger partial charge is 0.0960 e. The summed E-state index contributed by atoms with van der Waals surface area (Å²) in [6, 6.07) is 12.6. The SMILES string of the molecule is C.c1ccc2c(c1)CCc1c(-c3ccncc3)n[nH]c1-2. The van der Waals surface area contributed by atoms with Crippen LogP contribution in [0.4, 0.5) is 0 Å². The third-order valence-electron chi connectivity index (χ3n) is 3.75. The molecule has 0 amide bonds. The maximum Gasteiger partial charge on any atom is 0.0960 e. The number of fused-ring (bicyclic) bond motifs is 3. The zero-order chi connectivity index (χ0) is 12.7. The molecular weight excluding hydrogens is 246 g/mol. The molecule has 1 aliphatic carbocycles. The molecule has 0 radical (unpaired) electrons. The molecule has 0 bridgehead atoms. The van der Waals surface area contributed by atoms with Crippen molar-refractivity contribution in [2.45, 2.75) is 20.3 Å². The van der Waals surface area contributed by atoms with Crippen LogP contribution in [0.15, 0.2) is 48.8 Å². The van der Waals surface area contributed by atoms with Crippen molar-refractivity contribution >= 4 is 0 Å². The summed E-state index contributed by atoms with van der Waals surface area (Å²) < 4.78 is 0. The van der Waals surface area contributed by atoms with Crippen molar-refractivity contribution in [1.29, 1.82) is 0 Å². The van der Waals surface area contributed by atoms with Crippen LogP contribution in [0, 0.1) is 0 Å². The number of aryl methyl sites for hydroxylation is 1. The monoisotopic (exact) mass is 263 g/mol. The van der Waals surface area contributed by atoms with Crippen molar-refractivity contribution in [1.82, 2.24) is 15.2 Å². The maximum atomic E-state index is 4.51. The molecule has 1 aliphatic rings. The quantitative estimate of drug-likeness (QED) is 0.724. The summed E-state index contributed by atoms with van der Waals surface area (Å²) in [4.78, 5) is 4.07. The summed E-state index contributed by atoms with van der Waals surface area (Å²) in [6.45, 7) is 0. The van der Waals surface area contributed by atoms with E-state index in [9.17, 15) is 0 Å². The van der Waals surface area contributed by atoms with Gasteiger partial charge in [-0.25, -0.2) is 0 Å². The van der Waals surface area contributed by atoms with Crippen molar-refractivity contribution in [3.8, 4) is 22.5 Å². The lowest BCUT2D eigenvalue weighted by molar-refractivity contribution is 0.943. The minimum absolute atomic E-state index is 0. The maximum absolute atomic E-state index is 4.51. The normalized spacial score (nSPS) is 12.2. The highest BCUT2D eigenvalue weighted by atomic mass is 15.1. The van der Waals surface area contributed by atoms with Crippen LogP contribution in [-0.2, 0) is 12.8 Å². The summed E-state index contributed by atoms with van der Waals surface area (Å²) in [7, 11) is 0. The van der Waals surface area contributed by atoms with Gasteiger partial charge in [0.25, 0.3) is 0 Å². The van der Waals surface area contributed by atoms with Crippen LogP contribution in [0.5, 0.6) is 0 Å². The van der Waals surface area contributed by atoms with Crippen molar-refractivity contribution in [3.05, 3.63) is 59.9 Å². The highest BCUT2D eigenvalue weighted by Crippen LogP contribution is 2.36. The predicted octanol–water partition coefficient (Wildman–Crippen LogP) is 3.87. The van der Waals surface area contributed by atoms with Gasteiger partial charge in [-0.1, -0.05) is 31.7 Å². The highest BCUT2D eigenvalue weighted by Gasteiger charge is 2.21. The lowest BCUT2D eigenvalue weighted by Crippen LogP contribution is -2.03. The topological polar surface area (TPSA) is 41.6 Å². The number of H-pyrrole nitrogens is 1. The fourth-order valence-electron chi connectivity index (χ4n) is 2.82. The molecule has 2 aromatic heterocycles. The Morgan fingerprint density at radius 2 is 1.75 bits per heavy atom. The van der Waals surface area contributed by atoms with Gasteiger partial charge in [0.05, 0.1) is 11.4 Å². The largest absolute Gasteiger partial charge is 0.277 e.